The number of carbonyl (C=O) groups is 1. The molecule has 0 rings (SSSR count). The van der Waals surface area contributed by atoms with Gasteiger partial charge in [0.1, 0.15) is 0 Å². The van der Waals surface area contributed by atoms with Crippen molar-refractivity contribution in [3.63, 3.8) is 0 Å². The number of hydrogen-bond acceptors (Lipinski definition) is 2. The fourth-order valence-corrected chi connectivity index (χ4v) is 2.50. The molecule has 1 N–H and O–H groups in total. The van der Waals surface area contributed by atoms with E-state index in [0.717, 1.165) is 13.0 Å². The molecule has 0 unspecified atom stereocenters. The van der Waals surface area contributed by atoms with Gasteiger partial charge in [0.15, 0.2) is 0 Å². The number of carboxylic acid groups (broad SMARTS) is 1. The fourth-order valence-electron chi connectivity index (χ4n) is 2.50. The van der Waals surface area contributed by atoms with Crippen LogP contribution in [-0.2, 0) is 4.79 Å². The summed E-state index contributed by atoms with van der Waals surface area (Å²) < 4.78 is 0. The van der Waals surface area contributed by atoms with Gasteiger partial charge in [0.25, 0.3) is 0 Å². The van der Waals surface area contributed by atoms with Crippen LogP contribution in [0.5, 0.6) is 0 Å². The third-order valence-electron chi connectivity index (χ3n) is 3.87. The molecule has 0 aliphatic rings. The van der Waals surface area contributed by atoms with Crippen LogP contribution in [0.4, 0.5) is 0 Å². The molecule has 0 aromatic carbocycles. The lowest BCUT2D eigenvalue weighted by atomic mass is 10.1. The Bertz CT molecular complexity index is 229. The Labute approximate surface area is 125 Å². The SMILES string of the molecule is CCCCCCCCCCCCN(CC(=O)O)C(C)C. The quantitative estimate of drug-likeness (QED) is 0.470. The smallest absolute Gasteiger partial charge is 0.317 e. The molecule has 0 bridgehead atoms. The molecule has 0 saturated heterocycles. The number of carboxylic acids is 1. The van der Waals surface area contributed by atoms with E-state index in [1.165, 1.54) is 57.8 Å². The molecule has 0 fully saturated rings. The van der Waals surface area contributed by atoms with Crippen molar-refractivity contribution in [3.05, 3.63) is 0 Å². The molecular weight excluding hydrogens is 250 g/mol. The van der Waals surface area contributed by atoms with Gasteiger partial charge in [-0.2, -0.15) is 0 Å². The van der Waals surface area contributed by atoms with E-state index in [1.54, 1.807) is 0 Å². The Morgan fingerprint density at radius 3 is 1.75 bits per heavy atom. The average Bonchev–Trinajstić information content (AvgIpc) is 2.39. The van der Waals surface area contributed by atoms with E-state index in [9.17, 15) is 4.79 Å². The number of hydrogen-bond donors (Lipinski definition) is 1. The number of unbranched alkanes of at least 4 members (excludes halogenated alkanes) is 9. The molecule has 0 atom stereocenters. The van der Waals surface area contributed by atoms with Crippen LogP contribution in [-0.4, -0.2) is 35.1 Å². The van der Waals surface area contributed by atoms with E-state index in [4.69, 9.17) is 5.11 Å². The monoisotopic (exact) mass is 285 g/mol. The lowest BCUT2D eigenvalue weighted by molar-refractivity contribution is -0.138. The Kier molecular flexibility index (Phi) is 13.0. The molecule has 0 heterocycles. The first kappa shape index (κ1) is 19.4. The van der Waals surface area contributed by atoms with Gasteiger partial charge in [0.05, 0.1) is 6.54 Å². The van der Waals surface area contributed by atoms with E-state index < -0.39 is 5.97 Å². The fraction of sp³-hybridized carbons (Fsp3) is 0.941. The summed E-state index contributed by atoms with van der Waals surface area (Å²) in [5.74, 6) is -0.717. The molecule has 20 heavy (non-hydrogen) atoms. The normalized spacial score (nSPS) is 11.4. The zero-order chi connectivity index (χ0) is 15.2. The van der Waals surface area contributed by atoms with Crippen LogP contribution >= 0.6 is 0 Å². The van der Waals surface area contributed by atoms with Crippen molar-refractivity contribution in [3.8, 4) is 0 Å². The Morgan fingerprint density at radius 1 is 0.900 bits per heavy atom. The molecular formula is C17H35NO2. The van der Waals surface area contributed by atoms with E-state index >= 15 is 0 Å². The summed E-state index contributed by atoms with van der Waals surface area (Å²) in [6.07, 6.45) is 13.3. The second kappa shape index (κ2) is 13.4. The van der Waals surface area contributed by atoms with Gasteiger partial charge in [-0.15, -0.1) is 0 Å². The maximum Gasteiger partial charge on any atom is 0.317 e. The van der Waals surface area contributed by atoms with Gasteiger partial charge in [-0.05, 0) is 26.8 Å². The summed E-state index contributed by atoms with van der Waals surface area (Å²) in [5, 5.41) is 8.85. The standard InChI is InChI=1S/C17H35NO2/c1-4-5-6-7-8-9-10-11-12-13-14-18(16(2)3)15-17(19)20/h16H,4-15H2,1-3H3,(H,19,20). The highest BCUT2D eigenvalue weighted by Crippen LogP contribution is 2.11. The molecule has 0 spiro atoms. The number of aliphatic carboxylic acids is 1. The lowest BCUT2D eigenvalue weighted by Gasteiger charge is -2.24. The molecule has 0 radical (unpaired) electrons. The highest BCUT2D eigenvalue weighted by Gasteiger charge is 2.12. The van der Waals surface area contributed by atoms with Crippen LogP contribution in [0.3, 0.4) is 0 Å². The van der Waals surface area contributed by atoms with Gasteiger partial charge in [-0.1, -0.05) is 64.7 Å². The zero-order valence-corrected chi connectivity index (χ0v) is 13.9. The largest absolute Gasteiger partial charge is 0.480 e. The van der Waals surface area contributed by atoms with Crippen molar-refractivity contribution < 1.29 is 9.90 Å². The lowest BCUT2D eigenvalue weighted by Crippen LogP contribution is -2.36. The molecule has 0 amide bonds. The van der Waals surface area contributed by atoms with Gasteiger partial charge >= 0.3 is 5.97 Å². The molecule has 0 aliphatic heterocycles. The molecule has 3 heteroatoms. The van der Waals surface area contributed by atoms with Crippen molar-refractivity contribution in [2.45, 2.75) is 91.0 Å². The average molecular weight is 285 g/mol. The Balaban J connectivity index is 3.39. The van der Waals surface area contributed by atoms with Crippen molar-refractivity contribution in [1.82, 2.24) is 4.90 Å². The predicted molar refractivity (Wildman–Crippen MR) is 86.2 cm³/mol. The summed E-state index contributed by atoms with van der Waals surface area (Å²) in [6.45, 7) is 7.48. The van der Waals surface area contributed by atoms with Crippen LogP contribution in [0.15, 0.2) is 0 Å². The van der Waals surface area contributed by atoms with Gasteiger partial charge in [0, 0.05) is 6.04 Å². The molecule has 3 nitrogen and oxygen atoms in total. The minimum atomic E-state index is -0.717. The summed E-state index contributed by atoms with van der Waals surface area (Å²) >= 11 is 0. The summed E-state index contributed by atoms with van der Waals surface area (Å²) in [4.78, 5) is 12.8. The Morgan fingerprint density at radius 2 is 1.35 bits per heavy atom. The summed E-state index contributed by atoms with van der Waals surface area (Å²) in [5.41, 5.74) is 0. The van der Waals surface area contributed by atoms with Gasteiger partial charge in [-0.3, -0.25) is 9.69 Å². The van der Waals surface area contributed by atoms with Crippen molar-refractivity contribution in [2.75, 3.05) is 13.1 Å². The summed E-state index contributed by atoms with van der Waals surface area (Å²) in [7, 11) is 0. The van der Waals surface area contributed by atoms with Gasteiger partial charge in [0.2, 0.25) is 0 Å². The molecule has 0 aliphatic carbocycles. The minimum Gasteiger partial charge on any atom is -0.480 e. The van der Waals surface area contributed by atoms with Crippen molar-refractivity contribution >= 4 is 5.97 Å². The predicted octanol–water partition coefficient (Wildman–Crippen LogP) is 4.70. The van der Waals surface area contributed by atoms with Gasteiger partial charge in [-0.25, -0.2) is 0 Å². The maximum absolute atomic E-state index is 10.8. The number of rotatable bonds is 14. The van der Waals surface area contributed by atoms with Crippen LogP contribution < -0.4 is 0 Å². The van der Waals surface area contributed by atoms with Crippen LogP contribution in [0.2, 0.25) is 0 Å². The molecule has 0 aromatic rings. The molecule has 120 valence electrons. The first-order valence-corrected chi connectivity index (χ1v) is 8.53. The van der Waals surface area contributed by atoms with E-state index in [2.05, 4.69) is 20.8 Å². The minimum absolute atomic E-state index is 0.176. The Hall–Kier alpha value is -0.570. The molecule has 0 saturated carbocycles. The van der Waals surface area contributed by atoms with E-state index in [1.807, 2.05) is 4.90 Å². The first-order valence-electron chi connectivity index (χ1n) is 8.53. The highest BCUT2D eigenvalue weighted by molar-refractivity contribution is 5.69. The maximum atomic E-state index is 10.8. The molecule has 0 aromatic heterocycles. The van der Waals surface area contributed by atoms with E-state index in [-0.39, 0.29) is 6.54 Å². The second-order valence-electron chi connectivity index (χ2n) is 6.14. The third kappa shape index (κ3) is 12.5. The van der Waals surface area contributed by atoms with Crippen molar-refractivity contribution in [1.29, 1.82) is 0 Å². The van der Waals surface area contributed by atoms with Gasteiger partial charge < -0.3 is 5.11 Å². The third-order valence-corrected chi connectivity index (χ3v) is 3.87. The highest BCUT2D eigenvalue weighted by atomic mass is 16.4. The summed E-state index contributed by atoms with van der Waals surface area (Å²) in [6, 6.07) is 0.324. The van der Waals surface area contributed by atoms with Crippen LogP contribution in [0.25, 0.3) is 0 Å². The van der Waals surface area contributed by atoms with Crippen LogP contribution in [0, 0.1) is 0 Å². The van der Waals surface area contributed by atoms with E-state index in [0.29, 0.717) is 6.04 Å². The first-order chi connectivity index (χ1) is 9.57. The second-order valence-corrected chi connectivity index (χ2v) is 6.14. The topological polar surface area (TPSA) is 40.5 Å². The van der Waals surface area contributed by atoms with Crippen molar-refractivity contribution in [2.24, 2.45) is 0 Å². The van der Waals surface area contributed by atoms with Crippen LogP contribution in [0.1, 0.15) is 85.0 Å². The number of nitrogens with zero attached hydrogens (tertiary/aromatic N) is 1. The zero-order valence-electron chi connectivity index (χ0n) is 13.9.